The number of nitro groups is 1. The molecule has 0 bridgehead atoms. The van der Waals surface area contributed by atoms with Crippen LogP contribution in [0.2, 0.25) is 0 Å². The van der Waals surface area contributed by atoms with Crippen molar-refractivity contribution >= 4 is 5.69 Å². The lowest BCUT2D eigenvalue weighted by molar-refractivity contribution is -0.384. The molecule has 1 aromatic carbocycles. The maximum absolute atomic E-state index is 12.6. The monoisotopic (exact) mass is 353 g/mol. The Labute approximate surface area is 148 Å². The number of non-ortho nitro benzene ring substituents is 1. The number of hydrogen-bond acceptors (Lipinski definition) is 7. The number of ether oxygens (including phenoxy) is 1. The van der Waals surface area contributed by atoms with Gasteiger partial charge < -0.3 is 14.9 Å². The van der Waals surface area contributed by atoms with Crippen molar-refractivity contribution < 1.29 is 14.1 Å². The molecule has 1 unspecified atom stereocenters. The van der Waals surface area contributed by atoms with Gasteiger partial charge in [0.1, 0.15) is 23.2 Å². The summed E-state index contributed by atoms with van der Waals surface area (Å²) in [4.78, 5) is 23.1. The summed E-state index contributed by atoms with van der Waals surface area (Å²) >= 11 is 0. The average molecular weight is 353 g/mol. The first-order valence-electron chi connectivity index (χ1n) is 7.95. The van der Waals surface area contributed by atoms with Gasteiger partial charge >= 0.3 is 5.63 Å². The van der Waals surface area contributed by atoms with E-state index in [-0.39, 0.29) is 28.5 Å². The zero-order valence-electron chi connectivity index (χ0n) is 13.9. The van der Waals surface area contributed by atoms with Crippen molar-refractivity contribution in [1.29, 1.82) is 5.26 Å². The molecule has 8 nitrogen and oxygen atoms in total. The first-order valence-corrected chi connectivity index (χ1v) is 7.95. The molecule has 2 heterocycles. The van der Waals surface area contributed by atoms with Crippen LogP contribution in [0.1, 0.15) is 36.1 Å². The number of aryl methyl sites for hydroxylation is 1. The predicted molar refractivity (Wildman–Crippen MR) is 91.4 cm³/mol. The predicted octanol–water partition coefficient (Wildman–Crippen LogP) is 2.72. The number of nitrogens with two attached hydrogens (primary N) is 1. The fourth-order valence-electron chi connectivity index (χ4n) is 2.97. The van der Waals surface area contributed by atoms with E-state index in [1.165, 1.54) is 18.2 Å². The Kier molecular flexibility index (Phi) is 4.45. The third-order valence-corrected chi connectivity index (χ3v) is 4.10. The van der Waals surface area contributed by atoms with E-state index in [2.05, 4.69) is 0 Å². The second-order valence-electron chi connectivity index (χ2n) is 5.80. The highest BCUT2D eigenvalue weighted by atomic mass is 16.6. The van der Waals surface area contributed by atoms with Crippen molar-refractivity contribution in [2.75, 3.05) is 0 Å². The Balaban J connectivity index is 2.25. The summed E-state index contributed by atoms with van der Waals surface area (Å²) < 4.78 is 10.8. The molecule has 2 aromatic rings. The van der Waals surface area contributed by atoms with Crippen molar-refractivity contribution in [3.05, 3.63) is 79.2 Å². The van der Waals surface area contributed by atoms with Gasteiger partial charge in [0.05, 0.1) is 16.4 Å². The molecule has 0 saturated carbocycles. The van der Waals surface area contributed by atoms with E-state index < -0.39 is 16.5 Å². The third-order valence-electron chi connectivity index (χ3n) is 4.10. The Bertz CT molecular complexity index is 1020. The maximum atomic E-state index is 12.6. The molecule has 0 fully saturated rings. The Morgan fingerprint density at radius 1 is 1.38 bits per heavy atom. The number of rotatable bonds is 4. The molecule has 3 rings (SSSR count). The van der Waals surface area contributed by atoms with Gasteiger partial charge in [0.2, 0.25) is 5.88 Å². The minimum absolute atomic E-state index is 0.00791. The highest BCUT2D eigenvalue weighted by molar-refractivity contribution is 5.56. The van der Waals surface area contributed by atoms with Gasteiger partial charge in [-0.2, -0.15) is 5.26 Å². The van der Waals surface area contributed by atoms with Gasteiger partial charge in [0.25, 0.3) is 5.69 Å². The third kappa shape index (κ3) is 2.91. The number of hydrogen-bond donors (Lipinski definition) is 1. The SMILES string of the molecule is CCCc1cc2c(c(=O)o1)C(c1cccc([N+](=O)[O-])c1)C(C#N)=C(N)O2. The van der Waals surface area contributed by atoms with Crippen molar-refractivity contribution in [1.82, 2.24) is 0 Å². The molecule has 1 atom stereocenters. The molecule has 0 aliphatic carbocycles. The quantitative estimate of drug-likeness (QED) is 0.660. The van der Waals surface area contributed by atoms with Crippen LogP contribution in [0.4, 0.5) is 5.69 Å². The number of benzene rings is 1. The van der Waals surface area contributed by atoms with E-state index in [1.54, 1.807) is 12.1 Å². The van der Waals surface area contributed by atoms with Crippen LogP contribution >= 0.6 is 0 Å². The van der Waals surface area contributed by atoms with E-state index in [0.717, 1.165) is 6.42 Å². The van der Waals surface area contributed by atoms with E-state index in [1.807, 2.05) is 13.0 Å². The summed E-state index contributed by atoms with van der Waals surface area (Å²) in [7, 11) is 0. The molecule has 1 aliphatic rings. The molecule has 0 amide bonds. The molecular formula is C18H15N3O5. The van der Waals surface area contributed by atoms with E-state index in [0.29, 0.717) is 17.7 Å². The molecule has 0 spiro atoms. The zero-order chi connectivity index (χ0) is 18.8. The summed E-state index contributed by atoms with van der Waals surface area (Å²) in [5, 5.41) is 20.6. The molecule has 26 heavy (non-hydrogen) atoms. The van der Waals surface area contributed by atoms with Crippen LogP contribution in [-0.4, -0.2) is 4.92 Å². The van der Waals surface area contributed by atoms with Gasteiger partial charge in [-0.1, -0.05) is 19.1 Å². The second kappa shape index (κ2) is 6.72. The van der Waals surface area contributed by atoms with Crippen molar-refractivity contribution in [2.24, 2.45) is 5.73 Å². The highest BCUT2D eigenvalue weighted by Gasteiger charge is 2.35. The zero-order valence-corrected chi connectivity index (χ0v) is 13.9. The molecule has 2 N–H and O–H groups in total. The Morgan fingerprint density at radius 3 is 2.81 bits per heavy atom. The van der Waals surface area contributed by atoms with Crippen LogP contribution in [0.3, 0.4) is 0 Å². The van der Waals surface area contributed by atoms with Crippen LogP contribution in [0.5, 0.6) is 5.75 Å². The van der Waals surface area contributed by atoms with E-state index >= 15 is 0 Å². The number of nitro benzene ring substituents is 1. The fourth-order valence-corrected chi connectivity index (χ4v) is 2.97. The summed E-state index contributed by atoms with van der Waals surface area (Å²) in [6, 6.07) is 9.23. The minimum atomic E-state index is -0.893. The van der Waals surface area contributed by atoms with Crippen molar-refractivity contribution in [3.63, 3.8) is 0 Å². The van der Waals surface area contributed by atoms with Crippen LogP contribution in [0.25, 0.3) is 0 Å². The molecule has 8 heteroatoms. The summed E-state index contributed by atoms with van der Waals surface area (Å²) in [6.45, 7) is 1.94. The number of allylic oxidation sites excluding steroid dienone is 1. The fraction of sp³-hybridized carbons (Fsp3) is 0.222. The Hall–Kier alpha value is -3.60. The summed E-state index contributed by atoms with van der Waals surface area (Å²) in [5.74, 6) is -0.375. The number of nitriles is 1. The van der Waals surface area contributed by atoms with Crippen molar-refractivity contribution in [2.45, 2.75) is 25.7 Å². The largest absolute Gasteiger partial charge is 0.440 e. The molecule has 132 valence electrons. The second-order valence-corrected chi connectivity index (χ2v) is 5.80. The highest BCUT2D eigenvalue weighted by Crippen LogP contribution is 2.41. The van der Waals surface area contributed by atoms with Gasteiger partial charge in [-0.3, -0.25) is 10.1 Å². The Morgan fingerprint density at radius 2 is 2.15 bits per heavy atom. The molecule has 1 aromatic heterocycles. The van der Waals surface area contributed by atoms with E-state index in [9.17, 15) is 20.2 Å². The molecule has 1 aliphatic heterocycles. The molecular weight excluding hydrogens is 338 g/mol. The topological polar surface area (TPSA) is 132 Å². The number of nitrogens with zero attached hydrogens (tertiary/aromatic N) is 2. The molecule has 0 saturated heterocycles. The van der Waals surface area contributed by atoms with Gasteiger partial charge in [-0.25, -0.2) is 4.79 Å². The van der Waals surface area contributed by atoms with Crippen LogP contribution < -0.4 is 16.1 Å². The lowest BCUT2D eigenvalue weighted by Crippen LogP contribution is -2.26. The van der Waals surface area contributed by atoms with E-state index in [4.69, 9.17) is 14.9 Å². The first-order chi connectivity index (χ1) is 12.5. The lowest BCUT2D eigenvalue weighted by Gasteiger charge is -2.25. The van der Waals surface area contributed by atoms with Gasteiger partial charge in [-0.05, 0) is 12.0 Å². The summed E-state index contributed by atoms with van der Waals surface area (Å²) in [5.41, 5.74) is 5.57. The van der Waals surface area contributed by atoms with Gasteiger partial charge in [0, 0.05) is 24.6 Å². The first kappa shape index (κ1) is 17.2. The van der Waals surface area contributed by atoms with Gasteiger partial charge in [-0.15, -0.1) is 0 Å². The lowest BCUT2D eigenvalue weighted by atomic mass is 9.84. The van der Waals surface area contributed by atoms with Crippen LogP contribution in [-0.2, 0) is 6.42 Å². The normalized spacial score (nSPS) is 15.8. The van der Waals surface area contributed by atoms with Crippen LogP contribution in [0.15, 0.2) is 51.0 Å². The summed E-state index contributed by atoms with van der Waals surface area (Å²) in [6.07, 6.45) is 1.31. The maximum Gasteiger partial charge on any atom is 0.343 e. The average Bonchev–Trinajstić information content (AvgIpc) is 2.60. The number of fused-ring (bicyclic) bond motifs is 1. The van der Waals surface area contributed by atoms with Gasteiger partial charge in [0.15, 0.2) is 0 Å². The van der Waals surface area contributed by atoms with Crippen LogP contribution in [0, 0.1) is 21.4 Å². The van der Waals surface area contributed by atoms with Crippen molar-refractivity contribution in [3.8, 4) is 11.8 Å². The standard InChI is InChI=1S/C18H15N3O5/c1-2-4-12-8-14-16(18(22)25-12)15(13(9-19)17(20)26-14)10-5-3-6-11(7-10)21(23)24/h3,5-8,15H,2,4,20H2,1H3. The minimum Gasteiger partial charge on any atom is -0.440 e. The molecule has 0 radical (unpaired) electrons. The smallest absolute Gasteiger partial charge is 0.343 e.